The van der Waals surface area contributed by atoms with Crippen LogP contribution in [-0.4, -0.2) is 63.0 Å². The van der Waals surface area contributed by atoms with Crippen LogP contribution in [0.2, 0.25) is 0 Å². The minimum Gasteiger partial charge on any atom is -0.468 e. The first-order chi connectivity index (χ1) is 19.2. The molecule has 1 rings (SSSR count). The van der Waals surface area contributed by atoms with Crippen LogP contribution in [0.25, 0.3) is 0 Å². The van der Waals surface area contributed by atoms with E-state index in [0.717, 1.165) is 0 Å². The molecule has 12 heteroatoms. The van der Waals surface area contributed by atoms with Crippen molar-refractivity contribution in [3.05, 3.63) is 23.8 Å². The van der Waals surface area contributed by atoms with Crippen molar-refractivity contribution >= 4 is 24.4 Å². The third-order valence-electron chi connectivity index (χ3n) is 5.24. The smallest absolute Gasteiger partial charge is 0.468 e. The fourth-order valence-electron chi connectivity index (χ4n) is 3.40. The van der Waals surface area contributed by atoms with E-state index in [9.17, 15) is 19.2 Å². The zero-order valence-corrected chi connectivity index (χ0v) is 26.5. The average molecular weight is 598 g/mol. The van der Waals surface area contributed by atoms with Gasteiger partial charge in [-0.25, -0.2) is 14.4 Å². The topological polar surface area (TPSA) is 159 Å². The molecule has 2 atom stereocenters. The zero-order chi connectivity index (χ0) is 32.3. The molecule has 12 nitrogen and oxygen atoms in total. The molecule has 42 heavy (non-hydrogen) atoms. The Labute approximate surface area is 248 Å². The molecule has 1 unspecified atom stereocenters. The molecule has 238 valence electrons. The Kier molecular flexibility index (Phi) is 13.6. The summed E-state index contributed by atoms with van der Waals surface area (Å²) in [6, 6.07) is 4.30. The maximum absolute atomic E-state index is 12.8. The summed E-state index contributed by atoms with van der Waals surface area (Å²) in [7, 11) is 1.19. The largest absolute Gasteiger partial charge is 0.513 e. The molecule has 0 aliphatic carbocycles. The van der Waals surface area contributed by atoms with Crippen molar-refractivity contribution in [1.29, 1.82) is 0 Å². The molecule has 0 fully saturated rings. The van der Waals surface area contributed by atoms with Crippen LogP contribution in [0.4, 0.5) is 14.4 Å². The molecule has 0 aliphatic rings. The maximum atomic E-state index is 12.8. The molecule has 0 heterocycles. The molecule has 0 radical (unpaired) electrons. The number of carbonyl (C=O) groups is 4. The Morgan fingerprint density at radius 2 is 1.31 bits per heavy atom. The number of carbonyl (C=O) groups excluding carboxylic acids is 4. The first-order valence-corrected chi connectivity index (χ1v) is 13.8. The lowest BCUT2D eigenvalue weighted by atomic mass is 9.86. The van der Waals surface area contributed by atoms with Gasteiger partial charge in [0.15, 0.2) is 11.5 Å². The molecule has 0 saturated heterocycles. The van der Waals surface area contributed by atoms with E-state index in [0.29, 0.717) is 5.56 Å². The van der Waals surface area contributed by atoms with E-state index in [1.165, 1.54) is 25.3 Å². The second kappa shape index (κ2) is 15.6. The van der Waals surface area contributed by atoms with E-state index in [1.807, 2.05) is 55.4 Å². The lowest BCUT2D eigenvalue weighted by Gasteiger charge is -2.29. The van der Waals surface area contributed by atoms with Crippen molar-refractivity contribution in [3.63, 3.8) is 0 Å². The number of esters is 1. The standard InChI is InChI=1S/C30H47NO11/c1-19(2)16-37-25(33)40-20(3)14-30(31,24(32)36-10)15-21-11-12-22(41-26(34)38-17-28(4,5)6)23(13-21)42-27(35)39-18-29(7,8)9/h11-13,19-20H,14-18,31H2,1-10H3/t20-,30?/m0/s1. The van der Waals surface area contributed by atoms with Crippen LogP contribution < -0.4 is 15.2 Å². The number of hydrogen-bond acceptors (Lipinski definition) is 12. The minimum absolute atomic E-state index is 0.0705. The summed E-state index contributed by atoms with van der Waals surface area (Å²) in [4.78, 5) is 49.6. The number of methoxy groups -OCH3 is 1. The Balaban J connectivity index is 3.23. The number of rotatable bonds is 12. The zero-order valence-electron chi connectivity index (χ0n) is 26.5. The van der Waals surface area contributed by atoms with Gasteiger partial charge in [-0.2, -0.15) is 0 Å². The highest BCUT2D eigenvalue weighted by molar-refractivity contribution is 5.81. The number of benzene rings is 1. The number of ether oxygens (including phenoxy) is 7. The molecule has 1 aromatic rings. The number of hydrogen-bond donors (Lipinski definition) is 1. The van der Waals surface area contributed by atoms with E-state index in [4.69, 9.17) is 38.9 Å². The molecule has 0 aromatic heterocycles. The summed E-state index contributed by atoms with van der Waals surface area (Å²) in [6.45, 7) is 17.0. The highest BCUT2D eigenvalue weighted by atomic mass is 16.7. The van der Waals surface area contributed by atoms with Gasteiger partial charge in [0.1, 0.15) is 11.6 Å². The van der Waals surface area contributed by atoms with Crippen molar-refractivity contribution in [3.8, 4) is 11.5 Å². The quantitative estimate of drug-likeness (QED) is 0.175. The minimum atomic E-state index is -1.65. The lowest BCUT2D eigenvalue weighted by molar-refractivity contribution is -0.148. The van der Waals surface area contributed by atoms with Gasteiger partial charge in [0.05, 0.1) is 26.9 Å². The first kappa shape index (κ1) is 36.5. The normalized spacial score (nSPS) is 13.8. The fraction of sp³-hybridized carbons (Fsp3) is 0.667. The van der Waals surface area contributed by atoms with Crippen molar-refractivity contribution in [2.24, 2.45) is 22.5 Å². The van der Waals surface area contributed by atoms with E-state index in [2.05, 4.69) is 0 Å². The maximum Gasteiger partial charge on any atom is 0.513 e. The van der Waals surface area contributed by atoms with Gasteiger partial charge in [0, 0.05) is 12.8 Å². The van der Waals surface area contributed by atoms with Crippen LogP contribution in [0.15, 0.2) is 18.2 Å². The van der Waals surface area contributed by atoms with E-state index >= 15 is 0 Å². The molecule has 0 saturated carbocycles. The molecule has 0 spiro atoms. The van der Waals surface area contributed by atoms with E-state index in [1.54, 1.807) is 6.92 Å². The number of nitrogens with two attached hydrogens (primary N) is 1. The summed E-state index contributed by atoms with van der Waals surface area (Å²) in [6.07, 6.45) is -3.94. The summed E-state index contributed by atoms with van der Waals surface area (Å²) in [5.41, 5.74) is 4.63. The van der Waals surface area contributed by atoms with Crippen LogP contribution in [-0.2, 0) is 34.9 Å². The van der Waals surface area contributed by atoms with Crippen molar-refractivity contribution in [2.75, 3.05) is 26.9 Å². The Morgan fingerprint density at radius 1 is 0.786 bits per heavy atom. The monoisotopic (exact) mass is 597 g/mol. The summed E-state index contributed by atoms with van der Waals surface area (Å²) < 4.78 is 36.3. The van der Waals surface area contributed by atoms with Crippen LogP contribution in [0, 0.1) is 16.7 Å². The Morgan fingerprint density at radius 3 is 1.79 bits per heavy atom. The van der Waals surface area contributed by atoms with Gasteiger partial charge in [-0.1, -0.05) is 61.5 Å². The van der Waals surface area contributed by atoms with Gasteiger partial charge < -0.3 is 38.9 Å². The Bertz CT molecular complexity index is 1070. The van der Waals surface area contributed by atoms with Gasteiger partial charge in [0.2, 0.25) is 0 Å². The molecule has 1 aromatic carbocycles. The summed E-state index contributed by atoms with van der Waals surface area (Å²) in [5.74, 6) is -0.916. The van der Waals surface area contributed by atoms with Crippen molar-refractivity contribution in [2.45, 2.75) is 86.8 Å². The van der Waals surface area contributed by atoms with Crippen molar-refractivity contribution < 1.29 is 52.3 Å². The van der Waals surface area contributed by atoms with Gasteiger partial charge in [0.25, 0.3) is 0 Å². The van der Waals surface area contributed by atoms with Crippen LogP contribution in [0.1, 0.15) is 74.3 Å². The molecule has 2 N–H and O–H groups in total. The molecule has 0 amide bonds. The second-order valence-electron chi connectivity index (χ2n) is 13.1. The van der Waals surface area contributed by atoms with Gasteiger partial charge in [-0.3, -0.25) is 4.79 Å². The van der Waals surface area contributed by atoms with Crippen LogP contribution in [0.3, 0.4) is 0 Å². The van der Waals surface area contributed by atoms with Crippen LogP contribution >= 0.6 is 0 Å². The SMILES string of the molecule is COC(=O)C(N)(Cc1ccc(OC(=O)OCC(C)(C)C)c(OC(=O)OCC(C)(C)C)c1)C[C@H](C)OC(=O)OCC(C)C. The third kappa shape index (κ3) is 14.4. The molecular weight excluding hydrogens is 550 g/mol. The second-order valence-corrected chi connectivity index (χ2v) is 13.1. The Hall–Kier alpha value is -3.54. The highest BCUT2D eigenvalue weighted by Crippen LogP contribution is 2.32. The molecular formula is C30H47NO11. The predicted octanol–water partition coefficient (Wildman–Crippen LogP) is 5.81. The van der Waals surface area contributed by atoms with Gasteiger partial charge in [-0.15, -0.1) is 0 Å². The van der Waals surface area contributed by atoms with E-state index < -0.39 is 36.1 Å². The summed E-state index contributed by atoms with van der Waals surface area (Å²) >= 11 is 0. The average Bonchev–Trinajstić information content (AvgIpc) is 2.85. The van der Waals surface area contributed by atoms with Crippen LogP contribution in [0.5, 0.6) is 11.5 Å². The third-order valence-corrected chi connectivity index (χ3v) is 5.24. The first-order valence-electron chi connectivity index (χ1n) is 13.8. The fourth-order valence-corrected chi connectivity index (χ4v) is 3.40. The summed E-state index contributed by atoms with van der Waals surface area (Å²) in [5, 5.41) is 0. The lowest BCUT2D eigenvalue weighted by Crippen LogP contribution is -2.53. The highest BCUT2D eigenvalue weighted by Gasteiger charge is 2.38. The van der Waals surface area contributed by atoms with Gasteiger partial charge in [-0.05, 0) is 41.4 Å². The predicted molar refractivity (Wildman–Crippen MR) is 153 cm³/mol. The molecule has 0 bridgehead atoms. The van der Waals surface area contributed by atoms with Gasteiger partial charge >= 0.3 is 24.4 Å². The van der Waals surface area contributed by atoms with E-state index in [-0.39, 0.29) is 60.9 Å². The van der Waals surface area contributed by atoms with Crippen molar-refractivity contribution in [1.82, 2.24) is 0 Å². The molecule has 0 aliphatic heterocycles.